The van der Waals surface area contributed by atoms with Crippen LogP contribution in [0.5, 0.6) is 0 Å². The number of nitrogens with zero attached hydrogens (tertiary/aromatic N) is 1. The molecule has 0 amide bonds. The van der Waals surface area contributed by atoms with E-state index in [1.165, 1.54) is 0 Å². The topological polar surface area (TPSA) is 64.1 Å². The minimum atomic E-state index is 0.523. The summed E-state index contributed by atoms with van der Waals surface area (Å²) in [5.41, 5.74) is 6.41. The Morgan fingerprint density at radius 1 is 1.33 bits per heavy atom. The van der Waals surface area contributed by atoms with Crippen molar-refractivity contribution in [1.82, 2.24) is 4.98 Å². The second kappa shape index (κ2) is 4.04. The number of nitrogens with two attached hydrogens (primary N) is 1. The first-order chi connectivity index (χ1) is 7.24. The summed E-state index contributed by atoms with van der Waals surface area (Å²) in [6.45, 7) is 2.58. The smallest absolute Gasteiger partial charge is 0.123 e. The molecule has 0 radical (unpaired) electrons. The van der Waals surface area contributed by atoms with E-state index in [9.17, 15) is 0 Å². The third kappa shape index (κ3) is 2.49. The number of hydrogen-bond acceptors (Lipinski definition) is 4. The van der Waals surface area contributed by atoms with Crippen LogP contribution in [0.3, 0.4) is 0 Å². The van der Waals surface area contributed by atoms with Crippen LogP contribution in [0.25, 0.3) is 0 Å². The Bertz CT molecular complexity index is 433. The normalized spacial score (nSPS) is 10.2. The lowest BCUT2D eigenvalue weighted by atomic mass is 10.4. The largest absolute Gasteiger partial charge is 0.465 e. The Balaban J connectivity index is 1.96. The zero-order chi connectivity index (χ0) is 10.7. The van der Waals surface area contributed by atoms with Crippen molar-refractivity contribution in [2.24, 2.45) is 0 Å². The zero-order valence-electron chi connectivity index (χ0n) is 8.53. The summed E-state index contributed by atoms with van der Waals surface area (Å²) >= 11 is 0. The average Bonchev–Trinajstić information content (AvgIpc) is 2.64. The maximum Gasteiger partial charge on any atom is 0.123 e. The molecule has 0 aliphatic rings. The van der Waals surface area contributed by atoms with Crippen LogP contribution in [0.15, 0.2) is 34.9 Å². The van der Waals surface area contributed by atoms with Gasteiger partial charge in [-0.05, 0) is 31.2 Å². The van der Waals surface area contributed by atoms with Crippen molar-refractivity contribution in [3.05, 3.63) is 42.0 Å². The molecule has 2 rings (SSSR count). The second-order valence-electron chi connectivity index (χ2n) is 3.34. The van der Waals surface area contributed by atoms with Gasteiger partial charge in [0.1, 0.15) is 17.3 Å². The highest BCUT2D eigenvalue weighted by Gasteiger charge is 1.98. The van der Waals surface area contributed by atoms with E-state index in [1.54, 1.807) is 12.3 Å². The maximum absolute atomic E-state index is 5.48. The van der Waals surface area contributed by atoms with Crippen molar-refractivity contribution in [3.8, 4) is 0 Å². The van der Waals surface area contributed by atoms with Gasteiger partial charge in [0, 0.05) is 0 Å². The summed E-state index contributed by atoms with van der Waals surface area (Å²) < 4.78 is 5.42. The highest BCUT2D eigenvalue weighted by molar-refractivity contribution is 5.45. The minimum absolute atomic E-state index is 0.523. The van der Waals surface area contributed by atoms with Crippen molar-refractivity contribution in [2.75, 3.05) is 11.1 Å². The zero-order valence-corrected chi connectivity index (χ0v) is 8.53. The van der Waals surface area contributed by atoms with E-state index in [2.05, 4.69) is 10.3 Å². The lowest BCUT2D eigenvalue weighted by molar-refractivity contribution is 0.490. The molecular weight excluding hydrogens is 190 g/mol. The molecule has 0 spiro atoms. The quantitative estimate of drug-likeness (QED) is 0.802. The summed E-state index contributed by atoms with van der Waals surface area (Å²) in [5.74, 6) is 2.35. The molecule has 4 nitrogen and oxygen atoms in total. The first kappa shape index (κ1) is 9.58. The van der Waals surface area contributed by atoms with E-state index in [-0.39, 0.29) is 0 Å². The molecule has 0 aromatic carbocycles. The molecule has 0 fully saturated rings. The number of nitrogens with one attached hydrogen (secondary N) is 1. The second-order valence-corrected chi connectivity index (χ2v) is 3.34. The van der Waals surface area contributed by atoms with Gasteiger partial charge >= 0.3 is 0 Å². The molecule has 0 saturated heterocycles. The standard InChI is InChI=1S/C11H13N3O/c1-8-2-4-10(15-8)7-13-9-3-5-11(12)14-6-9/h2-6,13H,7H2,1H3,(H2,12,14). The van der Waals surface area contributed by atoms with Gasteiger partial charge in [0.05, 0.1) is 18.4 Å². The monoisotopic (exact) mass is 203 g/mol. The van der Waals surface area contributed by atoms with E-state index in [4.69, 9.17) is 10.2 Å². The minimum Gasteiger partial charge on any atom is -0.465 e. The summed E-state index contributed by atoms with van der Waals surface area (Å²) in [6, 6.07) is 7.54. The fourth-order valence-electron chi connectivity index (χ4n) is 1.28. The van der Waals surface area contributed by atoms with Crippen LogP contribution in [0, 0.1) is 6.92 Å². The van der Waals surface area contributed by atoms with Gasteiger partial charge in [-0.25, -0.2) is 4.98 Å². The SMILES string of the molecule is Cc1ccc(CNc2ccc(N)nc2)o1. The molecule has 0 unspecified atom stereocenters. The van der Waals surface area contributed by atoms with Gasteiger partial charge < -0.3 is 15.5 Å². The van der Waals surface area contributed by atoms with Crippen LogP contribution in [-0.4, -0.2) is 4.98 Å². The predicted molar refractivity (Wildman–Crippen MR) is 59.4 cm³/mol. The first-order valence-electron chi connectivity index (χ1n) is 4.75. The number of furan rings is 1. The molecule has 2 heterocycles. The van der Waals surface area contributed by atoms with Gasteiger partial charge in [-0.3, -0.25) is 0 Å². The average molecular weight is 203 g/mol. The van der Waals surface area contributed by atoms with E-state index in [0.29, 0.717) is 12.4 Å². The fourth-order valence-corrected chi connectivity index (χ4v) is 1.28. The van der Waals surface area contributed by atoms with Crippen molar-refractivity contribution >= 4 is 11.5 Å². The Hall–Kier alpha value is -1.97. The van der Waals surface area contributed by atoms with Crippen LogP contribution in [0.2, 0.25) is 0 Å². The number of rotatable bonds is 3. The molecule has 0 aliphatic heterocycles. The van der Waals surface area contributed by atoms with Gasteiger partial charge in [-0.15, -0.1) is 0 Å². The van der Waals surface area contributed by atoms with Crippen LogP contribution in [0.4, 0.5) is 11.5 Å². The Labute approximate surface area is 88.1 Å². The van der Waals surface area contributed by atoms with Crippen LogP contribution in [0.1, 0.15) is 11.5 Å². The number of pyridine rings is 1. The van der Waals surface area contributed by atoms with Crippen LogP contribution < -0.4 is 11.1 Å². The Morgan fingerprint density at radius 2 is 2.20 bits per heavy atom. The number of anilines is 2. The lowest BCUT2D eigenvalue weighted by Crippen LogP contribution is -1.99. The number of aryl methyl sites for hydroxylation is 1. The van der Waals surface area contributed by atoms with Crippen LogP contribution >= 0.6 is 0 Å². The Morgan fingerprint density at radius 3 is 2.80 bits per heavy atom. The molecule has 0 saturated carbocycles. The molecule has 0 atom stereocenters. The van der Waals surface area contributed by atoms with Gasteiger partial charge in [0.15, 0.2) is 0 Å². The van der Waals surface area contributed by atoms with E-state index >= 15 is 0 Å². The molecule has 2 aromatic rings. The van der Waals surface area contributed by atoms with Crippen molar-refractivity contribution < 1.29 is 4.42 Å². The molecule has 78 valence electrons. The lowest BCUT2D eigenvalue weighted by Gasteiger charge is -2.03. The first-order valence-corrected chi connectivity index (χ1v) is 4.75. The number of nitrogen functional groups attached to an aromatic ring is 1. The molecule has 0 bridgehead atoms. The molecule has 4 heteroatoms. The van der Waals surface area contributed by atoms with Gasteiger partial charge in [-0.2, -0.15) is 0 Å². The summed E-state index contributed by atoms with van der Waals surface area (Å²) in [6.07, 6.45) is 1.70. The van der Waals surface area contributed by atoms with Crippen LogP contribution in [-0.2, 0) is 6.54 Å². The third-order valence-corrected chi connectivity index (χ3v) is 2.05. The van der Waals surface area contributed by atoms with Gasteiger partial charge in [0.2, 0.25) is 0 Å². The van der Waals surface area contributed by atoms with Gasteiger partial charge in [0.25, 0.3) is 0 Å². The van der Waals surface area contributed by atoms with Gasteiger partial charge in [-0.1, -0.05) is 0 Å². The third-order valence-electron chi connectivity index (χ3n) is 2.05. The fraction of sp³-hybridized carbons (Fsp3) is 0.182. The summed E-state index contributed by atoms with van der Waals surface area (Å²) in [4.78, 5) is 3.98. The highest BCUT2D eigenvalue weighted by atomic mass is 16.3. The maximum atomic E-state index is 5.48. The highest BCUT2D eigenvalue weighted by Crippen LogP contribution is 2.11. The number of aromatic nitrogens is 1. The Kier molecular flexibility index (Phi) is 2.58. The van der Waals surface area contributed by atoms with Crippen molar-refractivity contribution in [2.45, 2.75) is 13.5 Å². The van der Waals surface area contributed by atoms with E-state index in [1.807, 2.05) is 25.1 Å². The number of hydrogen-bond donors (Lipinski definition) is 2. The molecule has 2 aromatic heterocycles. The molecule has 3 N–H and O–H groups in total. The predicted octanol–water partition coefficient (Wildman–Crippen LogP) is 2.18. The summed E-state index contributed by atoms with van der Waals surface area (Å²) in [5, 5.41) is 3.19. The van der Waals surface area contributed by atoms with E-state index in [0.717, 1.165) is 17.2 Å². The van der Waals surface area contributed by atoms with Crippen molar-refractivity contribution in [1.29, 1.82) is 0 Å². The molecule has 15 heavy (non-hydrogen) atoms. The summed E-state index contributed by atoms with van der Waals surface area (Å²) in [7, 11) is 0. The van der Waals surface area contributed by atoms with E-state index < -0.39 is 0 Å². The molecule has 0 aliphatic carbocycles. The van der Waals surface area contributed by atoms with Crippen molar-refractivity contribution in [3.63, 3.8) is 0 Å². The molecular formula is C11H13N3O.